The van der Waals surface area contributed by atoms with E-state index in [1.54, 1.807) is 24.3 Å². The topological polar surface area (TPSA) is 57.9 Å². The van der Waals surface area contributed by atoms with Crippen molar-refractivity contribution in [2.45, 2.75) is 25.5 Å². The Morgan fingerprint density at radius 1 is 1.25 bits per heavy atom. The molecule has 1 aromatic rings. The molecule has 0 saturated heterocycles. The van der Waals surface area contributed by atoms with Crippen molar-refractivity contribution in [2.24, 2.45) is 0 Å². The first-order chi connectivity index (χ1) is 7.57. The lowest BCUT2D eigenvalue weighted by atomic mass is 10.2. The molecule has 0 atom stereocenters. The quantitative estimate of drug-likeness (QED) is 0.789. The van der Waals surface area contributed by atoms with Gasteiger partial charge in [0.15, 0.2) is 9.84 Å². The highest BCUT2D eigenvalue weighted by molar-refractivity contribution is 7.90. The van der Waals surface area contributed by atoms with E-state index in [1.165, 1.54) is 0 Å². The van der Waals surface area contributed by atoms with Crippen LogP contribution in [0.3, 0.4) is 0 Å². The number of rotatable bonds is 5. The molecule has 86 valence electrons. The molecule has 16 heavy (non-hydrogen) atoms. The van der Waals surface area contributed by atoms with E-state index in [1.807, 2.05) is 13.0 Å². The first-order valence-corrected chi connectivity index (χ1v) is 7.09. The maximum atomic E-state index is 11.6. The molecule has 4 heteroatoms. The molecular weight excluding hydrogens is 222 g/mol. The van der Waals surface area contributed by atoms with Crippen molar-refractivity contribution < 1.29 is 8.42 Å². The standard InChI is InChI=1S/C12H15NO2S/c1-2-3-8-16(14,15)10-12-6-4-11(9-13)5-7-12/h4-7H,2-3,8,10H2,1H3. The Hall–Kier alpha value is -1.34. The van der Waals surface area contributed by atoms with Gasteiger partial charge in [-0.05, 0) is 24.1 Å². The molecule has 0 aliphatic heterocycles. The SMILES string of the molecule is CCCCS(=O)(=O)Cc1ccc(C#N)cc1. The van der Waals surface area contributed by atoms with Crippen LogP contribution in [0, 0.1) is 11.3 Å². The summed E-state index contributed by atoms with van der Waals surface area (Å²) >= 11 is 0. The fourth-order valence-corrected chi connectivity index (χ4v) is 2.94. The largest absolute Gasteiger partial charge is 0.228 e. The summed E-state index contributed by atoms with van der Waals surface area (Å²) in [5, 5.41) is 8.61. The third-order valence-electron chi connectivity index (χ3n) is 2.28. The zero-order valence-corrected chi connectivity index (χ0v) is 10.1. The summed E-state index contributed by atoms with van der Waals surface area (Å²) in [6.45, 7) is 1.97. The molecule has 0 bridgehead atoms. The highest BCUT2D eigenvalue weighted by Crippen LogP contribution is 2.09. The zero-order valence-electron chi connectivity index (χ0n) is 9.31. The molecule has 0 N–H and O–H groups in total. The summed E-state index contributed by atoms with van der Waals surface area (Å²) in [6.07, 6.45) is 1.59. The average molecular weight is 237 g/mol. The first kappa shape index (κ1) is 12.7. The Morgan fingerprint density at radius 2 is 1.88 bits per heavy atom. The van der Waals surface area contributed by atoms with Crippen molar-refractivity contribution in [3.63, 3.8) is 0 Å². The lowest BCUT2D eigenvalue weighted by molar-refractivity contribution is 0.592. The van der Waals surface area contributed by atoms with E-state index in [9.17, 15) is 8.42 Å². The second-order valence-electron chi connectivity index (χ2n) is 3.75. The minimum absolute atomic E-state index is 0.0682. The lowest BCUT2D eigenvalue weighted by Gasteiger charge is -2.03. The van der Waals surface area contributed by atoms with Gasteiger partial charge in [-0.2, -0.15) is 5.26 Å². The third-order valence-corrected chi connectivity index (χ3v) is 3.96. The Balaban J connectivity index is 2.70. The Kier molecular flexibility index (Phi) is 4.51. The molecule has 0 amide bonds. The van der Waals surface area contributed by atoms with Gasteiger partial charge in [0, 0.05) is 0 Å². The number of benzene rings is 1. The van der Waals surface area contributed by atoms with Crippen LogP contribution in [0.5, 0.6) is 0 Å². The fraction of sp³-hybridized carbons (Fsp3) is 0.417. The van der Waals surface area contributed by atoms with Crippen LogP contribution in [0.4, 0.5) is 0 Å². The normalized spacial score (nSPS) is 11.0. The van der Waals surface area contributed by atoms with Crippen LogP contribution >= 0.6 is 0 Å². The van der Waals surface area contributed by atoms with Crippen LogP contribution in [-0.2, 0) is 15.6 Å². The smallest absolute Gasteiger partial charge is 0.154 e. The van der Waals surface area contributed by atoms with Crippen molar-refractivity contribution in [2.75, 3.05) is 5.75 Å². The van der Waals surface area contributed by atoms with Crippen LogP contribution in [0.15, 0.2) is 24.3 Å². The van der Waals surface area contributed by atoms with E-state index in [2.05, 4.69) is 0 Å². The maximum absolute atomic E-state index is 11.6. The van der Waals surface area contributed by atoms with Gasteiger partial charge < -0.3 is 0 Å². The van der Waals surface area contributed by atoms with Crippen molar-refractivity contribution in [3.05, 3.63) is 35.4 Å². The predicted octanol–water partition coefficient (Wildman–Crippen LogP) is 2.27. The average Bonchev–Trinajstić information content (AvgIpc) is 2.27. The number of nitrogens with zero attached hydrogens (tertiary/aromatic N) is 1. The van der Waals surface area contributed by atoms with Gasteiger partial charge in [-0.3, -0.25) is 0 Å². The molecule has 0 aliphatic rings. The van der Waals surface area contributed by atoms with E-state index in [0.29, 0.717) is 12.0 Å². The molecule has 0 aromatic heterocycles. The van der Waals surface area contributed by atoms with Crippen LogP contribution in [0.2, 0.25) is 0 Å². The van der Waals surface area contributed by atoms with E-state index < -0.39 is 9.84 Å². The molecule has 0 heterocycles. The first-order valence-electron chi connectivity index (χ1n) is 5.27. The summed E-state index contributed by atoms with van der Waals surface area (Å²) in [5.74, 6) is 0.308. The summed E-state index contributed by atoms with van der Waals surface area (Å²) in [5.41, 5.74) is 1.30. The zero-order chi connectivity index (χ0) is 12.0. The molecule has 0 aliphatic carbocycles. The van der Waals surface area contributed by atoms with Gasteiger partial charge in [0.05, 0.1) is 23.1 Å². The van der Waals surface area contributed by atoms with Gasteiger partial charge in [0.25, 0.3) is 0 Å². The Labute approximate surface area is 96.6 Å². The molecular formula is C12H15NO2S. The van der Waals surface area contributed by atoms with Crippen LogP contribution < -0.4 is 0 Å². The van der Waals surface area contributed by atoms with Gasteiger partial charge in [0.1, 0.15) is 0 Å². The van der Waals surface area contributed by atoms with Crippen LogP contribution in [0.25, 0.3) is 0 Å². The third kappa shape index (κ3) is 4.03. The minimum atomic E-state index is -3.00. The van der Waals surface area contributed by atoms with E-state index in [0.717, 1.165) is 12.0 Å². The second kappa shape index (κ2) is 5.66. The molecule has 1 aromatic carbocycles. The molecule has 1 rings (SSSR count). The monoisotopic (exact) mass is 237 g/mol. The fourth-order valence-electron chi connectivity index (χ4n) is 1.37. The molecule has 0 spiro atoms. The van der Waals surface area contributed by atoms with E-state index in [4.69, 9.17) is 5.26 Å². The molecule has 0 fully saturated rings. The highest BCUT2D eigenvalue weighted by Gasteiger charge is 2.10. The van der Waals surface area contributed by atoms with Crippen LogP contribution in [-0.4, -0.2) is 14.2 Å². The van der Waals surface area contributed by atoms with Gasteiger partial charge in [0.2, 0.25) is 0 Å². The summed E-state index contributed by atoms with van der Waals surface area (Å²) < 4.78 is 23.3. The number of sulfone groups is 1. The van der Waals surface area contributed by atoms with Gasteiger partial charge >= 0.3 is 0 Å². The van der Waals surface area contributed by atoms with E-state index >= 15 is 0 Å². The summed E-state index contributed by atoms with van der Waals surface area (Å²) in [6, 6.07) is 8.68. The van der Waals surface area contributed by atoms with Crippen molar-refractivity contribution >= 4 is 9.84 Å². The Bertz CT molecular complexity index is 469. The number of unbranched alkanes of at least 4 members (excludes halogenated alkanes) is 1. The molecule has 3 nitrogen and oxygen atoms in total. The van der Waals surface area contributed by atoms with Gasteiger partial charge in [-0.25, -0.2) is 8.42 Å². The van der Waals surface area contributed by atoms with E-state index in [-0.39, 0.29) is 11.5 Å². The number of hydrogen-bond donors (Lipinski definition) is 0. The molecule has 0 saturated carbocycles. The lowest BCUT2D eigenvalue weighted by Crippen LogP contribution is -2.09. The van der Waals surface area contributed by atoms with Gasteiger partial charge in [-0.1, -0.05) is 25.5 Å². The predicted molar refractivity (Wildman–Crippen MR) is 63.6 cm³/mol. The number of nitriles is 1. The second-order valence-corrected chi connectivity index (χ2v) is 5.94. The number of hydrogen-bond acceptors (Lipinski definition) is 3. The van der Waals surface area contributed by atoms with Gasteiger partial charge in [-0.15, -0.1) is 0 Å². The molecule has 0 unspecified atom stereocenters. The summed E-state index contributed by atoms with van der Waals surface area (Å²) in [4.78, 5) is 0. The highest BCUT2D eigenvalue weighted by atomic mass is 32.2. The minimum Gasteiger partial charge on any atom is -0.228 e. The van der Waals surface area contributed by atoms with Crippen LogP contribution in [0.1, 0.15) is 30.9 Å². The molecule has 0 radical (unpaired) electrons. The van der Waals surface area contributed by atoms with Crippen molar-refractivity contribution in [1.29, 1.82) is 5.26 Å². The maximum Gasteiger partial charge on any atom is 0.154 e. The Morgan fingerprint density at radius 3 is 2.38 bits per heavy atom. The van der Waals surface area contributed by atoms with Crippen molar-refractivity contribution in [3.8, 4) is 6.07 Å². The summed E-state index contributed by atoms with van der Waals surface area (Å²) in [7, 11) is -3.00. The van der Waals surface area contributed by atoms with Crippen molar-refractivity contribution in [1.82, 2.24) is 0 Å².